The topological polar surface area (TPSA) is 32.6 Å². The standard InChI is InChI=1S/C24H23NO/c1-16-13-17(2)24(26)22-20(16)14-21(19-11-7-4-8-12-19)23(22)25-15-18-9-5-3-6-10-18/h3-13,21,26H,14-15H2,1-2H3. The minimum atomic E-state index is 0.196. The summed E-state index contributed by atoms with van der Waals surface area (Å²) < 4.78 is 0. The Labute approximate surface area is 154 Å². The van der Waals surface area contributed by atoms with Gasteiger partial charge in [-0.1, -0.05) is 66.7 Å². The number of phenols is 1. The highest BCUT2D eigenvalue weighted by atomic mass is 16.3. The molecule has 3 aromatic carbocycles. The molecule has 0 aromatic heterocycles. The van der Waals surface area contributed by atoms with Crippen LogP contribution in [0.3, 0.4) is 0 Å². The van der Waals surface area contributed by atoms with Gasteiger partial charge >= 0.3 is 0 Å². The van der Waals surface area contributed by atoms with E-state index in [0.717, 1.165) is 23.3 Å². The van der Waals surface area contributed by atoms with E-state index < -0.39 is 0 Å². The molecule has 0 heterocycles. The van der Waals surface area contributed by atoms with Gasteiger partial charge in [0.1, 0.15) is 5.75 Å². The molecule has 0 fully saturated rings. The zero-order valence-electron chi connectivity index (χ0n) is 15.2. The monoisotopic (exact) mass is 341 g/mol. The van der Waals surface area contributed by atoms with E-state index in [9.17, 15) is 5.11 Å². The Morgan fingerprint density at radius 3 is 2.27 bits per heavy atom. The second kappa shape index (κ2) is 6.80. The fourth-order valence-electron chi connectivity index (χ4n) is 3.94. The SMILES string of the molecule is Cc1cc(C)c2c(c1O)C(=NCc1ccccc1)C(c1ccccc1)C2. The number of rotatable bonds is 3. The summed E-state index contributed by atoms with van der Waals surface area (Å²) in [5.74, 6) is 0.581. The molecule has 0 saturated carbocycles. The van der Waals surface area contributed by atoms with Crippen molar-refractivity contribution in [3.63, 3.8) is 0 Å². The molecule has 1 aliphatic rings. The minimum Gasteiger partial charge on any atom is -0.507 e. The molecule has 4 rings (SSSR count). The predicted octanol–water partition coefficient (Wildman–Crippen LogP) is 5.34. The fraction of sp³-hybridized carbons (Fsp3) is 0.208. The molecule has 0 bridgehead atoms. The van der Waals surface area contributed by atoms with Crippen LogP contribution in [0.2, 0.25) is 0 Å². The van der Waals surface area contributed by atoms with Crippen LogP contribution in [0.15, 0.2) is 71.7 Å². The average Bonchev–Trinajstić information content (AvgIpc) is 3.06. The number of aliphatic imine (C=N–C) groups is 1. The molecule has 0 saturated heterocycles. The highest BCUT2D eigenvalue weighted by Crippen LogP contribution is 2.42. The first kappa shape index (κ1) is 16.6. The van der Waals surface area contributed by atoms with Gasteiger partial charge in [-0.3, -0.25) is 4.99 Å². The van der Waals surface area contributed by atoms with E-state index in [-0.39, 0.29) is 5.92 Å². The van der Waals surface area contributed by atoms with Crippen LogP contribution in [0.4, 0.5) is 0 Å². The van der Waals surface area contributed by atoms with E-state index in [1.807, 2.05) is 31.2 Å². The molecule has 2 nitrogen and oxygen atoms in total. The van der Waals surface area contributed by atoms with Crippen LogP contribution < -0.4 is 0 Å². The van der Waals surface area contributed by atoms with Crippen LogP contribution in [0.5, 0.6) is 5.75 Å². The van der Waals surface area contributed by atoms with Gasteiger partial charge in [0.15, 0.2) is 0 Å². The molecule has 3 aromatic rings. The zero-order chi connectivity index (χ0) is 18.1. The molecule has 0 radical (unpaired) electrons. The summed E-state index contributed by atoms with van der Waals surface area (Å²) in [5, 5.41) is 10.8. The molecule has 1 aliphatic carbocycles. The maximum atomic E-state index is 10.8. The van der Waals surface area contributed by atoms with E-state index in [4.69, 9.17) is 4.99 Å². The first-order valence-corrected chi connectivity index (χ1v) is 9.10. The van der Waals surface area contributed by atoms with Gasteiger partial charge in [0.05, 0.1) is 12.3 Å². The highest BCUT2D eigenvalue weighted by molar-refractivity contribution is 6.11. The van der Waals surface area contributed by atoms with Crippen molar-refractivity contribution >= 4 is 5.71 Å². The largest absolute Gasteiger partial charge is 0.507 e. The quantitative estimate of drug-likeness (QED) is 0.685. The molecule has 1 unspecified atom stereocenters. The molecule has 0 spiro atoms. The number of benzene rings is 3. The normalized spacial score (nSPS) is 17.5. The summed E-state index contributed by atoms with van der Waals surface area (Å²) in [6.45, 7) is 4.73. The first-order chi connectivity index (χ1) is 12.6. The second-order valence-corrected chi connectivity index (χ2v) is 7.07. The van der Waals surface area contributed by atoms with Crippen molar-refractivity contribution in [3.8, 4) is 5.75 Å². The Morgan fingerprint density at radius 1 is 0.923 bits per heavy atom. The van der Waals surface area contributed by atoms with Gasteiger partial charge in [0.25, 0.3) is 0 Å². The number of phenolic OH excluding ortho intramolecular Hbond substituents is 1. The lowest BCUT2D eigenvalue weighted by Gasteiger charge is -2.13. The fourth-order valence-corrected chi connectivity index (χ4v) is 3.94. The summed E-state index contributed by atoms with van der Waals surface area (Å²) in [6.07, 6.45) is 0.895. The summed E-state index contributed by atoms with van der Waals surface area (Å²) in [4.78, 5) is 4.99. The van der Waals surface area contributed by atoms with E-state index in [0.29, 0.717) is 12.3 Å². The van der Waals surface area contributed by atoms with Crippen LogP contribution in [0.1, 0.15) is 39.3 Å². The number of aryl methyl sites for hydroxylation is 2. The maximum Gasteiger partial charge on any atom is 0.127 e. The second-order valence-electron chi connectivity index (χ2n) is 7.07. The van der Waals surface area contributed by atoms with Gasteiger partial charge < -0.3 is 5.11 Å². The molecule has 1 atom stereocenters. The van der Waals surface area contributed by atoms with Gasteiger partial charge in [-0.05, 0) is 48.1 Å². The van der Waals surface area contributed by atoms with Crippen molar-refractivity contribution in [2.24, 2.45) is 4.99 Å². The summed E-state index contributed by atoms with van der Waals surface area (Å²) in [7, 11) is 0. The van der Waals surface area contributed by atoms with E-state index in [1.165, 1.54) is 22.3 Å². The van der Waals surface area contributed by atoms with E-state index in [1.54, 1.807) is 0 Å². The predicted molar refractivity (Wildman–Crippen MR) is 107 cm³/mol. The van der Waals surface area contributed by atoms with E-state index in [2.05, 4.69) is 49.4 Å². The van der Waals surface area contributed by atoms with Crippen molar-refractivity contribution in [3.05, 3.63) is 100 Å². The van der Waals surface area contributed by atoms with Crippen molar-refractivity contribution in [1.82, 2.24) is 0 Å². The highest BCUT2D eigenvalue weighted by Gasteiger charge is 2.33. The van der Waals surface area contributed by atoms with Gasteiger partial charge in [0.2, 0.25) is 0 Å². The Morgan fingerprint density at radius 2 is 1.58 bits per heavy atom. The van der Waals surface area contributed by atoms with Crippen LogP contribution in [-0.2, 0) is 13.0 Å². The number of aromatic hydroxyl groups is 1. The Balaban J connectivity index is 1.83. The first-order valence-electron chi connectivity index (χ1n) is 9.10. The lowest BCUT2D eigenvalue weighted by molar-refractivity contribution is 0.469. The number of nitrogens with zero attached hydrogens (tertiary/aromatic N) is 1. The van der Waals surface area contributed by atoms with Gasteiger partial charge in [-0.15, -0.1) is 0 Å². The Bertz CT molecular complexity index is 959. The third kappa shape index (κ3) is 2.92. The molecule has 0 amide bonds. The maximum absolute atomic E-state index is 10.8. The number of fused-ring (bicyclic) bond motifs is 1. The van der Waals surface area contributed by atoms with Gasteiger partial charge in [0, 0.05) is 11.5 Å². The van der Waals surface area contributed by atoms with E-state index >= 15 is 0 Å². The summed E-state index contributed by atoms with van der Waals surface area (Å²) in [5.41, 5.74) is 7.79. The molecule has 130 valence electrons. The van der Waals surface area contributed by atoms with Crippen LogP contribution >= 0.6 is 0 Å². The molecule has 26 heavy (non-hydrogen) atoms. The van der Waals surface area contributed by atoms with Crippen molar-refractivity contribution in [1.29, 1.82) is 0 Å². The average molecular weight is 341 g/mol. The lowest BCUT2D eigenvalue weighted by Crippen LogP contribution is -2.09. The third-order valence-electron chi connectivity index (χ3n) is 5.29. The zero-order valence-corrected chi connectivity index (χ0v) is 15.2. The van der Waals surface area contributed by atoms with Gasteiger partial charge in [-0.25, -0.2) is 0 Å². The third-order valence-corrected chi connectivity index (χ3v) is 5.29. The Kier molecular flexibility index (Phi) is 4.34. The molecule has 1 N–H and O–H groups in total. The molecule has 0 aliphatic heterocycles. The minimum absolute atomic E-state index is 0.196. The molecule has 2 heteroatoms. The Hall–Kier alpha value is -2.87. The van der Waals surface area contributed by atoms with Crippen molar-refractivity contribution < 1.29 is 5.11 Å². The van der Waals surface area contributed by atoms with Crippen LogP contribution in [-0.4, -0.2) is 10.8 Å². The van der Waals surface area contributed by atoms with Crippen LogP contribution in [0.25, 0.3) is 0 Å². The molecular weight excluding hydrogens is 318 g/mol. The number of hydrogen-bond acceptors (Lipinski definition) is 2. The van der Waals surface area contributed by atoms with Gasteiger partial charge in [-0.2, -0.15) is 0 Å². The molecular formula is C24H23NO. The summed E-state index contributed by atoms with van der Waals surface area (Å²) in [6, 6.07) is 22.9. The van der Waals surface area contributed by atoms with Crippen molar-refractivity contribution in [2.75, 3.05) is 0 Å². The number of hydrogen-bond donors (Lipinski definition) is 1. The summed E-state index contributed by atoms with van der Waals surface area (Å²) >= 11 is 0. The van der Waals surface area contributed by atoms with Crippen molar-refractivity contribution in [2.45, 2.75) is 32.7 Å². The van der Waals surface area contributed by atoms with Crippen LogP contribution in [0, 0.1) is 13.8 Å². The smallest absolute Gasteiger partial charge is 0.127 e. The lowest BCUT2D eigenvalue weighted by atomic mass is 9.94.